The van der Waals surface area contributed by atoms with Crippen molar-refractivity contribution in [1.29, 1.82) is 0 Å². The highest BCUT2D eigenvalue weighted by atomic mass is 28.2. The Kier molecular flexibility index (Phi) is 9.43. The van der Waals surface area contributed by atoms with Crippen molar-refractivity contribution >= 4 is 21.5 Å². The highest BCUT2D eigenvalue weighted by Crippen LogP contribution is 2.11. The van der Waals surface area contributed by atoms with Gasteiger partial charge >= 0.3 is 11.9 Å². The first-order chi connectivity index (χ1) is 9.12. The van der Waals surface area contributed by atoms with Crippen molar-refractivity contribution in [3.05, 3.63) is 35.4 Å². The number of carbonyl (C=O) groups is 2. The molecule has 0 saturated heterocycles. The van der Waals surface area contributed by atoms with Crippen molar-refractivity contribution in [1.82, 2.24) is 0 Å². The molecule has 106 valence electrons. The van der Waals surface area contributed by atoms with Gasteiger partial charge in [0.15, 0.2) is 0 Å². The second-order valence-corrected chi connectivity index (χ2v) is 5.11. The van der Waals surface area contributed by atoms with Crippen molar-refractivity contribution in [2.75, 3.05) is 13.2 Å². The maximum atomic E-state index is 11.5. The summed E-state index contributed by atoms with van der Waals surface area (Å²) in [6.07, 6.45) is 0. The Labute approximate surface area is 116 Å². The molecule has 0 aliphatic carbocycles. The van der Waals surface area contributed by atoms with E-state index in [1.807, 2.05) is 0 Å². The van der Waals surface area contributed by atoms with Crippen molar-refractivity contribution < 1.29 is 19.1 Å². The van der Waals surface area contributed by atoms with Gasteiger partial charge in [0.25, 0.3) is 0 Å². The molecular weight excluding hydrogens is 260 g/mol. The average molecular weight is 282 g/mol. The van der Waals surface area contributed by atoms with Gasteiger partial charge in [-0.2, -0.15) is 0 Å². The molecule has 1 rings (SSSR count). The van der Waals surface area contributed by atoms with Crippen LogP contribution < -0.4 is 0 Å². The Bertz CT molecular complexity index is 367. The van der Waals surface area contributed by atoms with Gasteiger partial charge < -0.3 is 9.47 Å². The summed E-state index contributed by atoms with van der Waals surface area (Å²) in [5.74, 6) is -1.02. The van der Waals surface area contributed by atoms with Crippen LogP contribution in [-0.4, -0.2) is 34.7 Å². The second-order valence-electron chi connectivity index (χ2n) is 3.69. The number of ether oxygens (including phenoxy) is 2. The van der Waals surface area contributed by atoms with Crippen LogP contribution in [0.5, 0.6) is 0 Å². The van der Waals surface area contributed by atoms with Crippen LogP contribution in [0.1, 0.15) is 34.6 Å². The summed E-state index contributed by atoms with van der Waals surface area (Å²) in [7, 11) is 0.417. The third kappa shape index (κ3) is 6.19. The molecule has 0 aromatic heterocycles. The Morgan fingerprint density at radius 2 is 1.26 bits per heavy atom. The predicted molar refractivity (Wildman–Crippen MR) is 78.6 cm³/mol. The number of esters is 2. The SMILES string of the molecule is CCOC(=O)c1ccccc1C(=O)OCC.C[SiH2]C. The first-order valence-electron chi connectivity index (χ1n) is 6.55. The lowest BCUT2D eigenvalue weighted by atomic mass is 10.1. The van der Waals surface area contributed by atoms with E-state index in [0.29, 0.717) is 9.52 Å². The molecular formula is C14H22O4Si. The van der Waals surface area contributed by atoms with E-state index in [2.05, 4.69) is 13.1 Å². The second kappa shape index (κ2) is 10.3. The van der Waals surface area contributed by atoms with Gasteiger partial charge in [-0.1, -0.05) is 25.2 Å². The summed E-state index contributed by atoms with van der Waals surface area (Å²) in [6, 6.07) is 6.44. The molecule has 5 heteroatoms. The Morgan fingerprint density at radius 3 is 1.53 bits per heavy atom. The zero-order chi connectivity index (χ0) is 14.7. The molecule has 1 aromatic rings. The first-order valence-corrected chi connectivity index (χ1v) is 9.38. The topological polar surface area (TPSA) is 52.6 Å². The fourth-order valence-electron chi connectivity index (χ4n) is 1.26. The normalized spacial score (nSPS) is 9.05. The van der Waals surface area contributed by atoms with Crippen LogP contribution in [0.3, 0.4) is 0 Å². The molecule has 0 atom stereocenters. The minimum absolute atomic E-state index is 0.239. The molecule has 0 saturated carbocycles. The number of hydrogen-bond acceptors (Lipinski definition) is 4. The third-order valence-electron chi connectivity index (χ3n) is 1.92. The quantitative estimate of drug-likeness (QED) is 0.628. The smallest absolute Gasteiger partial charge is 0.338 e. The summed E-state index contributed by atoms with van der Waals surface area (Å²) in [6.45, 7) is 8.50. The van der Waals surface area contributed by atoms with Gasteiger partial charge in [-0.05, 0) is 26.0 Å². The van der Waals surface area contributed by atoms with Crippen molar-refractivity contribution in [3.8, 4) is 0 Å². The lowest BCUT2D eigenvalue weighted by Crippen LogP contribution is -2.13. The molecule has 0 aliphatic rings. The Balaban J connectivity index is 0.000000982. The summed E-state index contributed by atoms with van der Waals surface area (Å²) in [5.41, 5.74) is 0.477. The van der Waals surface area contributed by atoms with Crippen LogP contribution in [0.4, 0.5) is 0 Å². The molecule has 0 N–H and O–H groups in total. The van der Waals surface area contributed by atoms with Crippen LogP contribution >= 0.6 is 0 Å². The molecule has 19 heavy (non-hydrogen) atoms. The summed E-state index contributed by atoms with van der Waals surface area (Å²) < 4.78 is 9.70. The highest BCUT2D eigenvalue weighted by Gasteiger charge is 2.17. The van der Waals surface area contributed by atoms with Gasteiger partial charge in [-0.15, -0.1) is 0 Å². The maximum Gasteiger partial charge on any atom is 0.338 e. The largest absolute Gasteiger partial charge is 0.462 e. The fourth-order valence-corrected chi connectivity index (χ4v) is 1.26. The maximum absolute atomic E-state index is 11.5. The molecule has 0 spiro atoms. The molecule has 0 unspecified atom stereocenters. The monoisotopic (exact) mass is 282 g/mol. The third-order valence-corrected chi connectivity index (χ3v) is 1.92. The molecule has 0 amide bonds. The van der Waals surface area contributed by atoms with Crippen LogP contribution in [-0.2, 0) is 9.47 Å². The van der Waals surface area contributed by atoms with E-state index in [1.54, 1.807) is 38.1 Å². The first kappa shape index (κ1) is 17.4. The summed E-state index contributed by atoms with van der Waals surface area (Å²) in [4.78, 5) is 23.1. The van der Waals surface area contributed by atoms with Crippen LogP contribution in [0.2, 0.25) is 13.1 Å². The van der Waals surface area contributed by atoms with Crippen molar-refractivity contribution in [2.45, 2.75) is 26.9 Å². The Morgan fingerprint density at radius 1 is 0.947 bits per heavy atom. The standard InChI is InChI=1S/C12H14O4.C2H8Si/c1-3-15-11(13)9-7-5-6-8-10(9)12(14)16-4-2;1-3-2/h5-8H,3-4H2,1-2H3;3H2,1-2H3. The van der Waals surface area contributed by atoms with E-state index in [-0.39, 0.29) is 24.3 Å². The molecule has 1 aromatic carbocycles. The molecule has 4 nitrogen and oxygen atoms in total. The number of benzene rings is 1. The lowest BCUT2D eigenvalue weighted by Gasteiger charge is -2.07. The van der Waals surface area contributed by atoms with E-state index in [9.17, 15) is 9.59 Å². The van der Waals surface area contributed by atoms with Gasteiger partial charge in [-0.25, -0.2) is 9.59 Å². The van der Waals surface area contributed by atoms with Crippen molar-refractivity contribution in [3.63, 3.8) is 0 Å². The zero-order valence-corrected chi connectivity index (χ0v) is 13.5. The predicted octanol–water partition coefficient (Wildman–Crippen LogP) is 2.29. The molecule has 0 heterocycles. The summed E-state index contributed by atoms with van der Waals surface area (Å²) >= 11 is 0. The minimum Gasteiger partial charge on any atom is -0.462 e. The zero-order valence-electron chi connectivity index (χ0n) is 12.1. The molecule has 0 bridgehead atoms. The number of hydrogen-bond donors (Lipinski definition) is 0. The average Bonchev–Trinajstić information content (AvgIpc) is 2.40. The van der Waals surface area contributed by atoms with Crippen LogP contribution in [0, 0.1) is 0 Å². The summed E-state index contributed by atoms with van der Waals surface area (Å²) in [5, 5.41) is 0. The minimum atomic E-state index is -0.508. The fraction of sp³-hybridized carbons (Fsp3) is 0.429. The van der Waals surface area contributed by atoms with Crippen molar-refractivity contribution in [2.24, 2.45) is 0 Å². The Hall–Kier alpha value is -1.62. The van der Waals surface area contributed by atoms with Crippen LogP contribution in [0.25, 0.3) is 0 Å². The number of rotatable bonds is 4. The van der Waals surface area contributed by atoms with E-state index >= 15 is 0 Å². The lowest BCUT2D eigenvalue weighted by molar-refractivity contribution is 0.0479. The van der Waals surface area contributed by atoms with Gasteiger partial charge in [0.1, 0.15) is 0 Å². The van der Waals surface area contributed by atoms with Gasteiger partial charge in [0.2, 0.25) is 0 Å². The molecule has 0 radical (unpaired) electrons. The molecule has 0 aliphatic heterocycles. The van der Waals surface area contributed by atoms with E-state index in [1.165, 1.54) is 0 Å². The van der Waals surface area contributed by atoms with E-state index in [4.69, 9.17) is 9.47 Å². The van der Waals surface area contributed by atoms with Crippen LogP contribution in [0.15, 0.2) is 24.3 Å². The van der Waals surface area contributed by atoms with Gasteiger partial charge in [-0.3, -0.25) is 0 Å². The molecule has 0 fully saturated rings. The number of carbonyl (C=O) groups excluding carboxylic acids is 2. The van der Waals surface area contributed by atoms with Gasteiger partial charge in [0, 0.05) is 9.52 Å². The van der Waals surface area contributed by atoms with Gasteiger partial charge in [0.05, 0.1) is 24.3 Å². The van der Waals surface area contributed by atoms with E-state index in [0.717, 1.165) is 0 Å². The van der Waals surface area contributed by atoms with E-state index < -0.39 is 11.9 Å². The highest BCUT2D eigenvalue weighted by molar-refractivity contribution is 6.31.